The molecule has 0 aliphatic carbocycles. The summed E-state index contributed by atoms with van der Waals surface area (Å²) in [6, 6.07) is 6.61. The first-order valence-corrected chi connectivity index (χ1v) is 4.65. The molecule has 0 aliphatic rings. The minimum atomic E-state index is -0.498. The van der Waals surface area contributed by atoms with Crippen molar-refractivity contribution in [3.63, 3.8) is 0 Å². The Morgan fingerprint density at radius 2 is 2.19 bits per heavy atom. The maximum atomic E-state index is 11.3. The highest BCUT2D eigenvalue weighted by atomic mass is 16.5. The average Bonchev–Trinajstić information content (AvgIpc) is 2.29. The van der Waals surface area contributed by atoms with Gasteiger partial charge in [-0.3, -0.25) is 4.79 Å². The molecule has 1 aromatic carbocycles. The van der Waals surface area contributed by atoms with E-state index in [2.05, 4.69) is 16.1 Å². The lowest BCUT2D eigenvalue weighted by Gasteiger charge is -2.03. The number of methoxy groups -OCH3 is 1. The van der Waals surface area contributed by atoms with Gasteiger partial charge in [0.1, 0.15) is 0 Å². The summed E-state index contributed by atoms with van der Waals surface area (Å²) in [5, 5.41) is 0. The Morgan fingerprint density at radius 1 is 1.44 bits per heavy atom. The van der Waals surface area contributed by atoms with Crippen LogP contribution in [0.15, 0.2) is 37.1 Å². The minimum absolute atomic E-state index is 0.131. The van der Waals surface area contributed by atoms with Crippen LogP contribution in [0.3, 0.4) is 0 Å². The minimum Gasteiger partial charge on any atom is -0.469 e. The molecule has 0 fully saturated rings. The maximum Gasteiger partial charge on any atom is 0.342 e. The zero-order chi connectivity index (χ0) is 12.0. The first-order chi connectivity index (χ1) is 7.67. The molecule has 0 radical (unpaired) electrons. The first kappa shape index (κ1) is 12.0. The molecule has 0 bridgehead atoms. The fourth-order valence-corrected chi connectivity index (χ4v) is 1.19. The summed E-state index contributed by atoms with van der Waals surface area (Å²) in [5.74, 6) is -0.851. The molecule has 0 N–H and O–H groups in total. The molecule has 16 heavy (non-hydrogen) atoms. The van der Waals surface area contributed by atoms with Gasteiger partial charge in [-0.25, -0.2) is 4.79 Å². The quantitative estimate of drug-likeness (QED) is 0.572. The Hall–Kier alpha value is -2.10. The molecule has 4 nitrogen and oxygen atoms in total. The predicted octanol–water partition coefficient (Wildman–Crippen LogP) is 1.70. The zero-order valence-corrected chi connectivity index (χ0v) is 8.93. The fraction of sp³-hybridized carbons (Fsp3) is 0.167. The normalized spacial score (nSPS) is 9.31. The van der Waals surface area contributed by atoms with E-state index in [9.17, 15) is 9.59 Å². The van der Waals surface area contributed by atoms with Gasteiger partial charge in [-0.15, -0.1) is 0 Å². The van der Waals surface area contributed by atoms with Crippen LogP contribution in [-0.4, -0.2) is 19.0 Å². The largest absolute Gasteiger partial charge is 0.469 e. The summed E-state index contributed by atoms with van der Waals surface area (Å²) in [4.78, 5) is 22.4. The lowest BCUT2D eigenvalue weighted by molar-refractivity contribution is -0.139. The van der Waals surface area contributed by atoms with Crippen molar-refractivity contribution in [2.24, 2.45) is 0 Å². The van der Waals surface area contributed by atoms with Crippen molar-refractivity contribution < 1.29 is 19.1 Å². The van der Waals surface area contributed by atoms with Gasteiger partial charge in [0, 0.05) is 0 Å². The number of hydrogen-bond donors (Lipinski definition) is 0. The summed E-state index contributed by atoms with van der Waals surface area (Å²) in [5.41, 5.74) is 1.08. The number of ether oxygens (including phenoxy) is 2. The van der Waals surface area contributed by atoms with Crippen molar-refractivity contribution in [2.75, 3.05) is 7.11 Å². The molecule has 4 heteroatoms. The smallest absolute Gasteiger partial charge is 0.342 e. The molecule has 0 aromatic heterocycles. The van der Waals surface area contributed by atoms with Gasteiger partial charge in [-0.1, -0.05) is 18.7 Å². The standard InChI is InChI=1S/C12H12O4/c1-3-16-12(14)10-6-4-5-9(7-10)8-11(13)15-2/h3-7H,1,8H2,2H3. The Labute approximate surface area is 93.5 Å². The van der Waals surface area contributed by atoms with Gasteiger partial charge < -0.3 is 9.47 Å². The lowest BCUT2D eigenvalue weighted by atomic mass is 10.1. The highest BCUT2D eigenvalue weighted by Gasteiger charge is 2.08. The molecule has 0 amide bonds. The van der Waals surface area contributed by atoms with E-state index in [1.807, 2.05) is 0 Å². The molecule has 0 spiro atoms. The monoisotopic (exact) mass is 220 g/mol. The van der Waals surface area contributed by atoms with E-state index in [1.165, 1.54) is 7.11 Å². The van der Waals surface area contributed by atoms with Gasteiger partial charge in [-0.05, 0) is 17.7 Å². The predicted molar refractivity (Wildman–Crippen MR) is 57.8 cm³/mol. The van der Waals surface area contributed by atoms with Crippen LogP contribution in [0.25, 0.3) is 0 Å². The molecule has 1 aromatic rings. The first-order valence-electron chi connectivity index (χ1n) is 4.65. The highest BCUT2D eigenvalue weighted by Crippen LogP contribution is 2.08. The molecule has 0 aliphatic heterocycles. The van der Waals surface area contributed by atoms with Crippen LogP contribution in [0.4, 0.5) is 0 Å². The third-order valence-electron chi connectivity index (χ3n) is 1.93. The summed E-state index contributed by atoms with van der Waals surface area (Å²) < 4.78 is 9.15. The van der Waals surface area contributed by atoms with Crippen LogP contribution in [0, 0.1) is 0 Å². The molecule has 0 atom stereocenters. The number of hydrogen-bond acceptors (Lipinski definition) is 4. The molecular weight excluding hydrogens is 208 g/mol. The van der Waals surface area contributed by atoms with Gasteiger partial charge in [0.05, 0.1) is 25.4 Å². The van der Waals surface area contributed by atoms with Gasteiger partial charge in [0.15, 0.2) is 0 Å². The third-order valence-corrected chi connectivity index (χ3v) is 1.93. The number of benzene rings is 1. The Kier molecular flexibility index (Phi) is 4.27. The van der Waals surface area contributed by atoms with Crippen LogP contribution in [0.5, 0.6) is 0 Å². The topological polar surface area (TPSA) is 52.6 Å². The fourth-order valence-electron chi connectivity index (χ4n) is 1.19. The number of rotatable bonds is 4. The summed E-state index contributed by atoms with van der Waals surface area (Å²) in [6.45, 7) is 3.29. The molecule has 1 rings (SSSR count). The maximum absolute atomic E-state index is 11.3. The summed E-state index contributed by atoms with van der Waals surface area (Å²) >= 11 is 0. The van der Waals surface area contributed by atoms with Gasteiger partial charge in [0.25, 0.3) is 0 Å². The van der Waals surface area contributed by atoms with Gasteiger partial charge in [-0.2, -0.15) is 0 Å². The SMILES string of the molecule is C=COC(=O)c1cccc(CC(=O)OC)c1. The van der Waals surface area contributed by atoms with E-state index in [0.717, 1.165) is 6.26 Å². The van der Waals surface area contributed by atoms with Crippen molar-refractivity contribution in [3.05, 3.63) is 48.2 Å². The Balaban J connectivity index is 2.82. The number of carbonyl (C=O) groups excluding carboxylic acids is 2. The lowest BCUT2D eigenvalue weighted by Crippen LogP contribution is -2.06. The summed E-state index contributed by atoms with van der Waals surface area (Å²) in [6.07, 6.45) is 1.20. The molecule has 0 unspecified atom stereocenters. The van der Waals surface area contributed by atoms with E-state index in [-0.39, 0.29) is 12.4 Å². The van der Waals surface area contributed by atoms with Crippen molar-refractivity contribution in [2.45, 2.75) is 6.42 Å². The third kappa shape index (κ3) is 3.24. The number of esters is 2. The Bertz CT molecular complexity index is 409. The van der Waals surface area contributed by atoms with E-state index in [0.29, 0.717) is 11.1 Å². The van der Waals surface area contributed by atoms with Crippen LogP contribution in [0.2, 0.25) is 0 Å². The van der Waals surface area contributed by atoms with Crippen LogP contribution < -0.4 is 0 Å². The van der Waals surface area contributed by atoms with Gasteiger partial charge in [0.2, 0.25) is 0 Å². The van der Waals surface area contributed by atoms with E-state index in [1.54, 1.807) is 24.3 Å². The van der Waals surface area contributed by atoms with Crippen molar-refractivity contribution in [3.8, 4) is 0 Å². The summed E-state index contributed by atoms with van der Waals surface area (Å²) in [7, 11) is 1.32. The second-order valence-electron chi connectivity index (χ2n) is 3.03. The van der Waals surface area contributed by atoms with E-state index >= 15 is 0 Å². The number of carbonyl (C=O) groups is 2. The Morgan fingerprint density at radius 3 is 2.81 bits per heavy atom. The second-order valence-corrected chi connectivity index (χ2v) is 3.03. The molecule has 0 saturated heterocycles. The zero-order valence-electron chi connectivity index (χ0n) is 8.93. The van der Waals surface area contributed by atoms with Crippen LogP contribution in [0.1, 0.15) is 15.9 Å². The molecule has 0 saturated carbocycles. The second kappa shape index (κ2) is 5.70. The molecule has 0 heterocycles. The molecular formula is C12H12O4. The van der Waals surface area contributed by atoms with E-state index < -0.39 is 5.97 Å². The van der Waals surface area contributed by atoms with Crippen LogP contribution >= 0.6 is 0 Å². The van der Waals surface area contributed by atoms with Crippen molar-refractivity contribution >= 4 is 11.9 Å². The highest BCUT2D eigenvalue weighted by molar-refractivity contribution is 5.90. The van der Waals surface area contributed by atoms with Gasteiger partial charge >= 0.3 is 11.9 Å². The van der Waals surface area contributed by atoms with Crippen molar-refractivity contribution in [1.82, 2.24) is 0 Å². The van der Waals surface area contributed by atoms with Crippen LogP contribution in [-0.2, 0) is 20.7 Å². The van der Waals surface area contributed by atoms with E-state index in [4.69, 9.17) is 0 Å². The average molecular weight is 220 g/mol. The molecule has 84 valence electrons. The van der Waals surface area contributed by atoms with Crippen molar-refractivity contribution in [1.29, 1.82) is 0 Å².